The van der Waals surface area contributed by atoms with Crippen molar-refractivity contribution in [2.24, 2.45) is 0 Å². The van der Waals surface area contributed by atoms with Crippen LogP contribution in [0.3, 0.4) is 0 Å². The number of benzene rings is 1. The lowest BCUT2D eigenvalue weighted by molar-refractivity contribution is -0.119. The molecule has 1 amide bonds. The lowest BCUT2D eigenvalue weighted by Gasteiger charge is -2.23. The van der Waals surface area contributed by atoms with Gasteiger partial charge in [0.15, 0.2) is 0 Å². The van der Waals surface area contributed by atoms with Crippen molar-refractivity contribution in [3.8, 4) is 0 Å². The van der Waals surface area contributed by atoms with Crippen LogP contribution < -0.4 is 10.2 Å². The fraction of sp³-hybridized carbons (Fsp3) is 0.417. The second-order valence-electron chi connectivity index (χ2n) is 4.06. The van der Waals surface area contributed by atoms with Gasteiger partial charge < -0.3 is 10.2 Å². The highest BCUT2D eigenvalue weighted by atomic mass is 35.5. The first-order valence-electron chi connectivity index (χ1n) is 5.44. The molecule has 0 saturated carbocycles. The van der Waals surface area contributed by atoms with Gasteiger partial charge in [0.2, 0.25) is 5.91 Å². The molecule has 3 nitrogen and oxygen atoms in total. The molecule has 0 radical (unpaired) electrons. The Hall–Kier alpha value is -1.22. The van der Waals surface area contributed by atoms with Crippen molar-refractivity contribution in [2.75, 3.05) is 24.5 Å². The Kier molecular flexibility index (Phi) is 3.34. The third-order valence-electron chi connectivity index (χ3n) is 2.77. The number of nitrogens with one attached hydrogen (secondary N) is 1. The molecule has 1 aliphatic rings. The molecule has 1 N–H and O–H groups in total. The molecule has 86 valence electrons. The summed E-state index contributed by atoms with van der Waals surface area (Å²) < 4.78 is 0. The van der Waals surface area contributed by atoms with Gasteiger partial charge in [-0.3, -0.25) is 4.79 Å². The first-order chi connectivity index (χ1) is 7.66. The maximum atomic E-state index is 11.5. The highest BCUT2D eigenvalue weighted by Gasteiger charge is 2.16. The molecule has 1 aliphatic heterocycles. The van der Waals surface area contributed by atoms with E-state index < -0.39 is 0 Å². The first kappa shape index (κ1) is 11.3. The molecule has 4 heteroatoms. The predicted molar refractivity (Wildman–Crippen MR) is 66.0 cm³/mol. The van der Waals surface area contributed by atoms with Crippen LogP contribution in [-0.2, 0) is 4.79 Å². The van der Waals surface area contributed by atoms with E-state index in [1.165, 1.54) is 0 Å². The molecule has 1 heterocycles. The summed E-state index contributed by atoms with van der Waals surface area (Å²) in [5.41, 5.74) is 2.21. The zero-order valence-corrected chi connectivity index (χ0v) is 10.0. The number of hydrogen-bond acceptors (Lipinski definition) is 2. The molecule has 1 aromatic rings. The van der Waals surface area contributed by atoms with E-state index in [1.807, 2.05) is 25.1 Å². The van der Waals surface area contributed by atoms with Gasteiger partial charge in [0.05, 0.1) is 6.54 Å². The highest BCUT2D eigenvalue weighted by Crippen LogP contribution is 2.24. The van der Waals surface area contributed by atoms with Crippen molar-refractivity contribution in [3.63, 3.8) is 0 Å². The number of aryl methyl sites for hydroxylation is 1. The third-order valence-corrected chi connectivity index (χ3v) is 3.01. The van der Waals surface area contributed by atoms with Crippen LogP contribution in [-0.4, -0.2) is 25.5 Å². The van der Waals surface area contributed by atoms with Crippen LogP contribution in [0.2, 0.25) is 5.02 Å². The van der Waals surface area contributed by atoms with Crippen molar-refractivity contribution in [1.82, 2.24) is 5.32 Å². The van der Waals surface area contributed by atoms with Gasteiger partial charge in [-0.15, -0.1) is 0 Å². The van der Waals surface area contributed by atoms with Crippen LogP contribution in [0.5, 0.6) is 0 Å². The fourth-order valence-electron chi connectivity index (χ4n) is 1.93. The topological polar surface area (TPSA) is 32.3 Å². The smallest absolute Gasteiger partial charge is 0.239 e. The fourth-order valence-corrected chi connectivity index (χ4v) is 2.10. The van der Waals surface area contributed by atoms with Crippen molar-refractivity contribution >= 4 is 23.2 Å². The van der Waals surface area contributed by atoms with E-state index in [4.69, 9.17) is 11.6 Å². The maximum Gasteiger partial charge on any atom is 0.239 e. The molecule has 1 saturated heterocycles. The van der Waals surface area contributed by atoms with E-state index in [9.17, 15) is 4.79 Å². The number of carbonyl (C=O) groups excluding carboxylic acids is 1. The Bertz CT molecular complexity index is 406. The number of nitrogens with zero attached hydrogens (tertiary/aromatic N) is 1. The van der Waals surface area contributed by atoms with Gasteiger partial charge in [0.1, 0.15) is 0 Å². The summed E-state index contributed by atoms with van der Waals surface area (Å²) in [6.07, 6.45) is 0.970. The van der Waals surface area contributed by atoms with Gasteiger partial charge in [0, 0.05) is 23.8 Å². The maximum absolute atomic E-state index is 11.5. The molecular weight excluding hydrogens is 224 g/mol. The molecule has 0 unspecified atom stereocenters. The van der Waals surface area contributed by atoms with Crippen molar-refractivity contribution in [1.29, 1.82) is 0 Å². The average Bonchev–Trinajstić information content (AvgIpc) is 2.46. The van der Waals surface area contributed by atoms with Gasteiger partial charge in [-0.25, -0.2) is 0 Å². The van der Waals surface area contributed by atoms with Crippen LogP contribution in [0.25, 0.3) is 0 Å². The summed E-state index contributed by atoms with van der Waals surface area (Å²) in [6, 6.07) is 5.79. The Morgan fingerprint density at radius 3 is 3.06 bits per heavy atom. The summed E-state index contributed by atoms with van der Waals surface area (Å²) in [7, 11) is 0. The SMILES string of the molecule is Cc1ccc(Cl)cc1N1CCCNC(=O)C1. The minimum absolute atomic E-state index is 0.0804. The molecule has 1 fully saturated rings. The number of hydrogen-bond donors (Lipinski definition) is 1. The molecule has 16 heavy (non-hydrogen) atoms. The summed E-state index contributed by atoms with van der Waals surface area (Å²) in [6.45, 7) is 4.10. The second-order valence-corrected chi connectivity index (χ2v) is 4.49. The zero-order chi connectivity index (χ0) is 11.5. The Balaban J connectivity index is 2.27. The van der Waals surface area contributed by atoms with Crippen LogP contribution >= 0.6 is 11.6 Å². The zero-order valence-electron chi connectivity index (χ0n) is 9.29. The second kappa shape index (κ2) is 4.74. The van der Waals surface area contributed by atoms with E-state index in [1.54, 1.807) is 0 Å². The van der Waals surface area contributed by atoms with Crippen LogP contribution in [0.1, 0.15) is 12.0 Å². The number of rotatable bonds is 1. The summed E-state index contributed by atoms with van der Waals surface area (Å²) in [5.74, 6) is 0.0804. The molecule has 2 rings (SSSR count). The van der Waals surface area contributed by atoms with E-state index in [0.29, 0.717) is 11.6 Å². The lowest BCUT2D eigenvalue weighted by atomic mass is 10.1. The van der Waals surface area contributed by atoms with Gasteiger partial charge in [-0.05, 0) is 31.0 Å². The minimum Gasteiger partial charge on any atom is -0.362 e. The molecule has 0 aliphatic carbocycles. The summed E-state index contributed by atoms with van der Waals surface area (Å²) in [5, 5.41) is 3.58. The molecule has 0 aromatic heterocycles. The van der Waals surface area contributed by atoms with Crippen molar-refractivity contribution < 1.29 is 4.79 Å². The molecule has 1 aromatic carbocycles. The third kappa shape index (κ3) is 2.47. The normalized spacial score (nSPS) is 16.9. The minimum atomic E-state index is 0.0804. The van der Waals surface area contributed by atoms with Crippen molar-refractivity contribution in [3.05, 3.63) is 28.8 Å². The van der Waals surface area contributed by atoms with Gasteiger partial charge in [0.25, 0.3) is 0 Å². The van der Waals surface area contributed by atoms with Gasteiger partial charge >= 0.3 is 0 Å². The van der Waals surface area contributed by atoms with Crippen LogP contribution in [0.15, 0.2) is 18.2 Å². The Morgan fingerprint density at radius 1 is 1.44 bits per heavy atom. The predicted octanol–water partition coefficient (Wildman–Crippen LogP) is 1.97. The Labute approximate surface area is 100 Å². The monoisotopic (exact) mass is 238 g/mol. The van der Waals surface area contributed by atoms with E-state index >= 15 is 0 Å². The van der Waals surface area contributed by atoms with Crippen LogP contribution in [0.4, 0.5) is 5.69 Å². The van der Waals surface area contributed by atoms with Gasteiger partial charge in [-0.2, -0.15) is 0 Å². The molecule has 0 spiro atoms. The molecule has 0 atom stereocenters. The Morgan fingerprint density at radius 2 is 2.25 bits per heavy atom. The molecular formula is C12H15ClN2O. The molecule has 0 bridgehead atoms. The van der Waals surface area contributed by atoms with E-state index in [2.05, 4.69) is 10.2 Å². The van der Waals surface area contributed by atoms with E-state index in [-0.39, 0.29) is 5.91 Å². The standard InChI is InChI=1S/C12H15ClN2O/c1-9-3-4-10(13)7-11(9)15-6-2-5-14-12(16)8-15/h3-4,7H,2,5-6,8H2,1H3,(H,14,16). The number of halogens is 1. The summed E-state index contributed by atoms with van der Waals surface area (Å²) >= 11 is 5.99. The quantitative estimate of drug-likeness (QED) is 0.812. The largest absolute Gasteiger partial charge is 0.362 e. The number of amides is 1. The van der Waals surface area contributed by atoms with Crippen LogP contribution in [0, 0.1) is 6.92 Å². The number of carbonyl (C=O) groups is 1. The number of anilines is 1. The van der Waals surface area contributed by atoms with Crippen molar-refractivity contribution in [2.45, 2.75) is 13.3 Å². The summed E-state index contributed by atoms with van der Waals surface area (Å²) in [4.78, 5) is 13.6. The van der Waals surface area contributed by atoms with E-state index in [0.717, 1.165) is 30.8 Å². The average molecular weight is 239 g/mol. The lowest BCUT2D eigenvalue weighted by Crippen LogP contribution is -2.33. The van der Waals surface area contributed by atoms with Gasteiger partial charge in [-0.1, -0.05) is 17.7 Å². The first-order valence-corrected chi connectivity index (χ1v) is 5.82. The highest BCUT2D eigenvalue weighted by molar-refractivity contribution is 6.30.